The SMILES string of the molecule is Cc1cccc(C(C)(C)C)c1N(C)S(C)(=O)=O. The van der Waals surface area contributed by atoms with Crippen molar-refractivity contribution >= 4 is 15.7 Å². The molecule has 96 valence electrons. The molecule has 1 rings (SSSR count). The van der Waals surface area contributed by atoms with Crippen LogP contribution in [0.1, 0.15) is 31.9 Å². The number of para-hydroxylation sites is 1. The van der Waals surface area contributed by atoms with Crippen LogP contribution in [0.15, 0.2) is 18.2 Å². The third kappa shape index (κ3) is 3.00. The van der Waals surface area contributed by atoms with E-state index in [0.717, 1.165) is 16.8 Å². The van der Waals surface area contributed by atoms with Gasteiger partial charge in [0, 0.05) is 7.05 Å². The summed E-state index contributed by atoms with van der Waals surface area (Å²) in [6.45, 7) is 8.19. The van der Waals surface area contributed by atoms with Crippen molar-refractivity contribution in [3.8, 4) is 0 Å². The zero-order valence-corrected chi connectivity index (χ0v) is 12.2. The summed E-state index contributed by atoms with van der Waals surface area (Å²) in [5.74, 6) is 0. The highest BCUT2D eigenvalue weighted by Crippen LogP contribution is 2.34. The van der Waals surface area contributed by atoms with E-state index >= 15 is 0 Å². The molecule has 0 saturated heterocycles. The fraction of sp³-hybridized carbons (Fsp3) is 0.538. The van der Waals surface area contributed by atoms with E-state index in [1.54, 1.807) is 7.05 Å². The predicted octanol–water partition coefficient (Wildman–Crippen LogP) is 2.69. The lowest BCUT2D eigenvalue weighted by molar-refractivity contribution is 0.586. The molecular formula is C13H21NO2S. The van der Waals surface area contributed by atoms with Crippen LogP contribution >= 0.6 is 0 Å². The van der Waals surface area contributed by atoms with Crippen LogP contribution in [0.5, 0.6) is 0 Å². The topological polar surface area (TPSA) is 37.4 Å². The van der Waals surface area contributed by atoms with Gasteiger partial charge in [-0.1, -0.05) is 39.0 Å². The van der Waals surface area contributed by atoms with Gasteiger partial charge in [-0.25, -0.2) is 8.42 Å². The molecule has 3 nitrogen and oxygen atoms in total. The normalized spacial score (nSPS) is 12.6. The second-order valence-corrected chi connectivity index (χ2v) is 7.47. The maximum Gasteiger partial charge on any atom is 0.232 e. The molecular weight excluding hydrogens is 234 g/mol. The summed E-state index contributed by atoms with van der Waals surface area (Å²) in [7, 11) is -1.62. The summed E-state index contributed by atoms with van der Waals surface area (Å²) in [6, 6.07) is 5.89. The molecule has 0 spiro atoms. The number of nitrogens with zero attached hydrogens (tertiary/aromatic N) is 1. The Hall–Kier alpha value is -1.03. The number of rotatable bonds is 2. The fourth-order valence-corrected chi connectivity index (χ4v) is 2.42. The van der Waals surface area contributed by atoms with Gasteiger partial charge in [0.1, 0.15) is 0 Å². The first-order valence-corrected chi connectivity index (χ1v) is 7.44. The van der Waals surface area contributed by atoms with Crippen molar-refractivity contribution in [2.75, 3.05) is 17.6 Å². The Bertz CT molecular complexity index is 513. The van der Waals surface area contributed by atoms with Gasteiger partial charge >= 0.3 is 0 Å². The average Bonchev–Trinajstić information content (AvgIpc) is 2.13. The van der Waals surface area contributed by atoms with Crippen molar-refractivity contribution in [1.29, 1.82) is 0 Å². The van der Waals surface area contributed by atoms with Crippen LogP contribution in [0.2, 0.25) is 0 Å². The molecule has 1 aromatic carbocycles. The third-order valence-electron chi connectivity index (χ3n) is 2.86. The van der Waals surface area contributed by atoms with Gasteiger partial charge in [0.05, 0.1) is 11.9 Å². The van der Waals surface area contributed by atoms with E-state index in [0.29, 0.717) is 0 Å². The lowest BCUT2D eigenvalue weighted by Crippen LogP contribution is -2.29. The summed E-state index contributed by atoms with van der Waals surface area (Å²) >= 11 is 0. The Morgan fingerprint density at radius 2 is 1.71 bits per heavy atom. The Morgan fingerprint density at radius 3 is 2.12 bits per heavy atom. The van der Waals surface area contributed by atoms with Crippen LogP contribution in [0.3, 0.4) is 0 Å². The van der Waals surface area contributed by atoms with Gasteiger partial charge < -0.3 is 0 Å². The van der Waals surface area contributed by atoms with Crippen molar-refractivity contribution in [3.63, 3.8) is 0 Å². The summed E-state index contributed by atoms with van der Waals surface area (Å²) in [5, 5.41) is 0. The highest BCUT2D eigenvalue weighted by Gasteiger charge is 2.24. The van der Waals surface area contributed by atoms with Gasteiger partial charge in [-0.15, -0.1) is 0 Å². The van der Waals surface area contributed by atoms with Crippen LogP contribution in [-0.4, -0.2) is 21.7 Å². The molecule has 0 aromatic heterocycles. The number of anilines is 1. The maximum absolute atomic E-state index is 11.7. The van der Waals surface area contributed by atoms with E-state index in [-0.39, 0.29) is 5.41 Å². The Morgan fingerprint density at radius 1 is 1.18 bits per heavy atom. The van der Waals surface area contributed by atoms with Gasteiger partial charge in [-0.3, -0.25) is 4.31 Å². The zero-order chi connectivity index (χ0) is 13.4. The van der Waals surface area contributed by atoms with Gasteiger partial charge in [-0.2, -0.15) is 0 Å². The van der Waals surface area contributed by atoms with Crippen LogP contribution in [0.4, 0.5) is 5.69 Å². The minimum atomic E-state index is -3.23. The first-order chi connectivity index (χ1) is 7.55. The summed E-state index contributed by atoms with van der Waals surface area (Å²) in [6.07, 6.45) is 1.23. The Kier molecular flexibility index (Phi) is 3.58. The molecule has 1 aromatic rings. The van der Waals surface area contributed by atoms with Crippen molar-refractivity contribution in [2.45, 2.75) is 33.1 Å². The highest BCUT2D eigenvalue weighted by atomic mass is 32.2. The molecule has 0 aliphatic rings. The van der Waals surface area contributed by atoms with E-state index in [9.17, 15) is 8.42 Å². The van der Waals surface area contributed by atoms with Gasteiger partial charge in [-0.05, 0) is 23.5 Å². The average molecular weight is 255 g/mol. The molecule has 4 heteroatoms. The molecule has 0 heterocycles. The predicted molar refractivity (Wildman–Crippen MR) is 73.1 cm³/mol. The zero-order valence-electron chi connectivity index (χ0n) is 11.4. The minimum Gasteiger partial charge on any atom is -0.273 e. The smallest absolute Gasteiger partial charge is 0.232 e. The lowest BCUT2D eigenvalue weighted by Gasteiger charge is -2.29. The molecule has 0 amide bonds. The van der Waals surface area contributed by atoms with Crippen molar-refractivity contribution in [1.82, 2.24) is 0 Å². The second-order valence-electron chi connectivity index (χ2n) is 5.45. The van der Waals surface area contributed by atoms with Gasteiger partial charge in [0.25, 0.3) is 0 Å². The molecule has 0 unspecified atom stereocenters. The van der Waals surface area contributed by atoms with Crippen LogP contribution in [0, 0.1) is 6.92 Å². The van der Waals surface area contributed by atoms with E-state index < -0.39 is 10.0 Å². The molecule has 0 aliphatic heterocycles. The third-order valence-corrected chi connectivity index (χ3v) is 4.04. The number of sulfonamides is 1. The van der Waals surface area contributed by atoms with E-state index in [2.05, 4.69) is 20.8 Å². The van der Waals surface area contributed by atoms with Crippen molar-refractivity contribution in [2.24, 2.45) is 0 Å². The minimum absolute atomic E-state index is 0.0830. The summed E-state index contributed by atoms with van der Waals surface area (Å²) < 4.78 is 24.7. The molecule has 0 bridgehead atoms. The quantitative estimate of drug-likeness (QED) is 0.815. The van der Waals surface area contributed by atoms with Gasteiger partial charge in [0.15, 0.2) is 0 Å². The van der Waals surface area contributed by atoms with Gasteiger partial charge in [0.2, 0.25) is 10.0 Å². The van der Waals surface area contributed by atoms with E-state index in [1.165, 1.54) is 10.6 Å². The molecule has 0 atom stereocenters. The number of benzene rings is 1. The Labute approximate surface area is 105 Å². The van der Waals surface area contributed by atoms with Crippen molar-refractivity contribution < 1.29 is 8.42 Å². The Balaban J connectivity index is 3.52. The number of aryl methyl sites for hydroxylation is 1. The molecule has 0 fully saturated rings. The highest BCUT2D eigenvalue weighted by molar-refractivity contribution is 7.92. The van der Waals surface area contributed by atoms with Crippen LogP contribution in [0.25, 0.3) is 0 Å². The largest absolute Gasteiger partial charge is 0.273 e. The summed E-state index contributed by atoms with van der Waals surface area (Å²) in [4.78, 5) is 0. The van der Waals surface area contributed by atoms with Crippen molar-refractivity contribution in [3.05, 3.63) is 29.3 Å². The van der Waals surface area contributed by atoms with E-state index in [4.69, 9.17) is 0 Å². The first kappa shape index (κ1) is 14.0. The fourth-order valence-electron chi connectivity index (χ4n) is 1.85. The second kappa shape index (κ2) is 4.33. The number of hydrogen-bond donors (Lipinski definition) is 0. The van der Waals surface area contributed by atoms with Crippen LogP contribution in [-0.2, 0) is 15.4 Å². The molecule has 0 aliphatic carbocycles. The molecule has 0 saturated carbocycles. The monoisotopic (exact) mass is 255 g/mol. The maximum atomic E-state index is 11.7. The first-order valence-electron chi connectivity index (χ1n) is 5.59. The standard InChI is InChI=1S/C13H21NO2S/c1-10-8-7-9-11(13(2,3)4)12(10)14(5)17(6,15)16/h7-9H,1-6H3. The molecule has 0 radical (unpaired) electrons. The van der Waals surface area contributed by atoms with E-state index in [1.807, 2.05) is 25.1 Å². The molecule has 0 N–H and O–H groups in total. The van der Waals surface area contributed by atoms with Crippen LogP contribution < -0.4 is 4.31 Å². The lowest BCUT2D eigenvalue weighted by atomic mass is 9.84. The molecule has 17 heavy (non-hydrogen) atoms. The summed E-state index contributed by atoms with van der Waals surface area (Å²) in [5.41, 5.74) is 2.73. The number of hydrogen-bond acceptors (Lipinski definition) is 2.